The highest BCUT2D eigenvalue weighted by Gasteiger charge is 2.57. The molecule has 128 valence electrons. The van der Waals surface area contributed by atoms with E-state index in [9.17, 15) is 19.5 Å². The molecule has 1 unspecified atom stereocenters. The van der Waals surface area contributed by atoms with Crippen LogP contribution in [-0.4, -0.2) is 53.0 Å². The minimum atomic E-state index is -1.59. The van der Waals surface area contributed by atoms with E-state index in [2.05, 4.69) is 10.6 Å². The number of carbonyl (C=O) groups excluding carboxylic acids is 2. The van der Waals surface area contributed by atoms with Crippen molar-refractivity contribution in [2.45, 2.75) is 24.9 Å². The number of carbonyl (C=O) groups is 3. The number of urea groups is 1. The number of ether oxygens (including phenoxy) is 1. The van der Waals surface area contributed by atoms with Crippen LogP contribution < -0.4 is 10.6 Å². The Morgan fingerprint density at radius 3 is 2.88 bits per heavy atom. The highest BCUT2D eigenvalue weighted by Crippen LogP contribution is 2.46. The quantitative estimate of drug-likeness (QED) is 0.605. The number of rotatable bonds is 3. The first-order chi connectivity index (χ1) is 11.4. The SMILES string of the molecule is CNC(=O)Nc1ccc2c(c1)CC[C@]21OC(O)N(CC(=O)O)C1=O. The number of carboxylic acids is 1. The van der Waals surface area contributed by atoms with Crippen LogP contribution in [0.25, 0.3) is 0 Å². The van der Waals surface area contributed by atoms with E-state index in [-0.39, 0.29) is 6.03 Å². The molecule has 2 aliphatic rings. The second-order valence-electron chi connectivity index (χ2n) is 5.67. The van der Waals surface area contributed by atoms with E-state index in [0.717, 1.165) is 10.5 Å². The normalized spacial score (nSPS) is 25.0. The first kappa shape index (κ1) is 16.2. The number of carboxylic acid groups (broad SMARTS) is 1. The molecule has 0 aromatic heterocycles. The molecule has 3 amide bonds. The predicted molar refractivity (Wildman–Crippen MR) is 81.0 cm³/mol. The predicted octanol–water partition coefficient (Wildman–Crippen LogP) is -0.201. The monoisotopic (exact) mass is 335 g/mol. The van der Waals surface area contributed by atoms with E-state index >= 15 is 0 Å². The summed E-state index contributed by atoms with van der Waals surface area (Å²) in [5, 5.41) is 23.9. The van der Waals surface area contributed by atoms with Gasteiger partial charge in [0, 0.05) is 12.7 Å². The van der Waals surface area contributed by atoms with Gasteiger partial charge in [-0.05, 0) is 36.1 Å². The number of nitrogens with zero attached hydrogens (tertiary/aromatic N) is 1. The fourth-order valence-corrected chi connectivity index (χ4v) is 3.18. The number of aryl methyl sites for hydroxylation is 1. The standard InChI is InChI=1S/C15H17N3O6/c1-16-13(22)17-9-2-3-10-8(6-9)4-5-15(10)12(21)18(7-11(19)20)14(23)24-15/h2-3,6,14,23H,4-5,7H2,1H3,(H,19,20)(H2,16,17,22)/t14?,15-/m0/s1. The number of benzene rings is 1. The molecule has 9 nitrogen and oxygen atoms in total. The number of hydrogen-bond donors (Lipinski definition) is 4. The molecule has 0 bridgehead atoms. The van der Waals surface area contributed by atoms with Crippen LogP contribution in [0.5, 0.6) is 0 Å². The van der Waals surface area contributed by atoms with E-state index < -0.39 is 30.4 Å². The molecule has 3 rings (SSSR count). The lowest BCUT2D eigenvalue weighted by Crippen LogP contribution is -2.41. The summed E-state index contributed by atoms with van der Waals surface area (Å²) in [7, 11) is 1.50. The Labute approximate surface area is 137 Å². The minimum Gasteiger partial charge on any atom is -0.480 e. The molecule has 1 spiro atoms. The van der Waals surface area contributed by atoms with Gasteiger partial charge in [0.2, 0.25) is 6.41 Å². The molecule has 1 aliphatic heterocycles. The van der Waals surface area contributed by atoms with E-state index in [0.29, 0.717) is 24.1 Å². The number of anilines is 1. The third-order valence-corrected chi connectivity index (χ3v) is 4.26. The van der Waals surface area contributed by atoms with Crippen LogP contribution in [0.4, 0.5) is 10.5 Å². The summed E-state index contributed by atoms with van der Waals surface area (Å²) in [4.78, 5) is 35.7. The minimum absolute atomic E-state index is 0.303. The van der Waals surface area contributed by atoms with Crippen molar-refractivity contribution >= 4 is 23.6 Å². The molecular weight excluding hydrogens is 318 g/mol. The zero-order valence-corrected chi connectivity index (χ0v) is 12.9. The Hall–Kier alpha value is -2.65. The van der Waals surface area contributed by atoms with E-state index in [1.54, 1.807) is 18.2 Å². The van der Waals surface area contributed by atoms with Gasteiger partial charge in [-0.1, -0.05) is 6.07 Å². The third kappa shape index (κ3) is 2.47. The Balaban J connectivity index is 1.90. The van der Waals surface area contributed by atoms with Gasteiger partial charge in [-0.3, -0.25) is 14.5 Å². The van der Waals surface area contributed by atoms with Gasteiger partial charge in [-0.2, -0.15) is 0 Å². The van der Waals surface area contributed by atoms with Crippen LogP contribution >= 0.6 is 0 Å². The Morgan fingerprint density at radius 1 is 1.46 bits per heavy atom. The molecule has 2 atom stereocenters. The number of nitrogens with one attached hydrogen (secondary N) is 2. The second kappa shape index (κ2) is 5.77. The number of aliphatic hydroxyl groups excluding tert-OH is 1. The first-order valence-electron chi connectivity index (χ1n) is 7.38. The van der Waals surface area contributed by atoms with E-state index in [1.807, 2.05) is 0 Å². The van der Waals surface area contributed by atoms with Crippen LogP contribution in [0, 0.1) is 0 Å². The average Bonchev–Trinajstić information content (AvgIpc) is 3.00. The maximum absolute atomic E-state index is 12.6. The molecule has 0 saturated carbocycles. The molecule has 1 fully saturated rings. The lowest BCUT2D eigenvalue weighted by Gasteiger charge is -2.21. The highest BCUT2D eigenvalue weighted by molar-refractivity contribution is 5.93. The fourth-order valence-electron chi connectivity index (χ4n) is 3.18. The third-order valence-electron chi connectivity index (χ3n) is 4.26. The first-order valence-corrected chi connectivity index (χ1v) is 7.38. The van der Waals surface area contributed by atoms with Crippen LogP contribution in [0.2, 0.25) is 0 Å². The summed E-state index contributed by atoms with van der Waals surface area (Å²) in [5.41, 5.74) is 0.595. The van der Waals surface area contributed by atoms with Crippen LogP contribution in [-0.2, 0) is 26.3 Å². The lowest BCUT2D eigenvalue weighted by molar-refractivity contribution is -0.182. The molecular formula is C15H17N3O6. The topological polar surface area (TPSA) is 128 Å². The number of fused-ring (bicyclic) bond motifs is 2. The van der Waals surface area contributed by atoms with Gasteiger partial charge in [0.25, 0.3) is 5.91 Å². The van der Waals surface area contributed by atoms with E-state index in [4.69, 9.17) is 9.84 Å². The van der Waals surface area contributed by atoms with Crippen molar-refractivity contribution in [1.29, 1.82) is 0 Å². The summed E-state index contributed by atoms with van der Waals surface area (Å²) in [6, 6.07) is 4.66. The Kier molecular flexibility index (Phi) is 3.90. The van der Waals surface area contributed by atoms with Crippen LogP contribution in [0.15, 0.2) is 18.2 Å². The van der Waals surface area contributed by atoms with Gasteiger partial charge < -0.3 is 25.6 Å². The molecule has 1 heterocycles. The molecule has 1 saturated heterocycles. The zero-order valence-electron chi connectivity index (χ0n) is 12.9. The van der Waals surface area contributed by atoms with Crippen molar-refractivity contribution in [2.24, 2.45) is 0 Å². The van der Waals surface area contributed by atoms with Crippen molar-refractivity contribution in [3.63, 3.8) is 0 Å². The summed E-state index contributed by atoms with van der Waals surface area (Å²) < 4.78 is 5.47. The van der Waals surface area contributed by atoms with Gasteiger partial charge in [0.05, 0.1) is 0 Å². The largest absolute Gasteiger partial charge is 0.480 e. The molecule has 24 heavy (non-hydrogen) atoms. The van der Waals surface area contributed by atoms with Gasteiger partial charge >= 0.3 is 12.0 Å². The summed E-state index contributed by atoms with van der Waals surface area (Å²) in [6.07, 6.45) is -0.779. The van der Waals surface area contributed by atoms with Gasteiger partial charge in [-0.15, -0.1) is 0 Å². The highest BCUT2D eigenvalue weighted by atomic mass is 16.7. The van der Waals surface area contributed by atoms with Crippen molar-refractivity contribution in [1.82, 2.24) is 10.2 Å². The number of aliphatic hydroxyl groups is 1. The van der Waals surface area contributed by atoms with Crippen LogP contribution in [0.1, 0.15) is 17.5 Å². The van der Waals surface area contributed by atoms with E-state index in [1.165, 1.54) is 7.05 Å². The molecule has 0 radical (unpaired) electrons. The lowest BCUT2D eigenvalue weighted by atomic mass is 9.94. The number of hydrogen-bond acceptors (Lipinski definition) is 5. The summed E-state index contributed by atoms with van der Waals surface area (Å²) in [6.45, 7) is -0.632. The van der Waals surface area contributed by atoms with Crippen molar-refractivity contribution in [3.05, 3.63) is 29.3 Å². The number of aliphatic carboxylic acids is 1. The average molecular weight is 335 g/mol. The zero-order chi connectivity index (χ0) is 17.5. The van der Waals surface area contributed by atoms with Gasteiger partial charge in [0.1, 0.15) is 6.54 Å². The summed E-state index contributed by atoms with van der Waals surface area (Å²) >= 11 is 0. The molecule has 1 aromatic carbocycles. The Bertz CT molecular complexity index is 721. The van der Waals surface area contributed by atoms with Crippen molar-refractivity contribution in [3.8, 4) is 0 Å². The maximum Gasteiger partial charge on any atom is 0.323 e. The number of amides is 3. The summed E-state index contributed by atoms with van der Waals surface area (Å²) in [5.74, 6) is -1.80. The molecule has 9 heteroatoms. The molecule has 4 N–H and O–H groups in total. The van der Waals surface area contributed by atoms with Gasteiger partial charge in [0.15, 0.2) is 5.60 Å². The molecule has 1 aromatic rings. The molecule has 1 aliphatic carbocycles. The van der Waals surface area contributed by atoms with Crippen molar-refractivity contribution in [2.75, 3.05) is 18.9 Å². The Morgan fingerprint density at radius 2 is 2.21 bits per heavy atom. The van der Waals surface area contributed by atoms with Crippen molar-refractivity contribution < 1.29 is 29.3 Å². The van der Waals surface area contributed by atoms with Gasteiger partial charge in [-0.25, -0.2) is 4.79 Å². The fraction of sp³-hybridized carbons (Fsp3) is 0.400. The second-order valence-corrected chi connectivity index (χ2v) is 5.67. The maximum atomic E-state index is 12.6. The smallest absolute Gasteiger partial charge is 0.323 e. The van der Waals surface area contributed by atoms with Crippen LogP contribution in [0.3, 0.4) is 0 Å².